The van der Waals surface area contributed by atoms with E-state index in [0.29, 0.717) is 0 Å². The SMILES string of the molecule is COC(=O)SSC(F)(F)F. The topological polar surface area (TPSA) is 26.3 Å². The lowest BCUT2D eigenvalue weighted by Gasteiger charge is -2.01. The number of halogens is 3. The van der Waals surface area contributed by atoms with E-state index in [0.717, 1.165) is 7.11 Å². The maximum absolute atomic E-state index is 11.3. The first-order valence-corrected chi connectivity index (χ1v) is 4.11. The van der Waals surface area contributed by atoms with Gasteiger partial charge in [0.2, 0.25) is 0 Å². The van der Waals surface area contributed by atoms with Crippen LogP contribution in [0.5, 0.6) is 0 Å². The first kappa shape index (κ1) is 9.96. The van der Waals surface area contributed by atoms with Gasteiger partial charge in [-0.15, -0.1) is 0 Å². The zero-order valence-corrected chi connectivity index (χ0v) is 6.40. The summed E-state index contributed by atoms with van der Waals surface area (Å²) in [4.78, 5) is 10.1. The lowest BCUT2D eigenvalue weighted by Crippen LogP contribution is -1.98. The van der Waals surface area contributed by atoms with Crippen LogP contribution in [0.25, 0.3) is 0 Å². The van der Waals surface area contributed by atoms with Crippen LogP contribution in [0, 0.1) is 0 Å². The molecular formula is C3H3F3O2S2. The van der Waals surface area contributed by atoms with E-state index in [4.69, 9.17) is 0 Å². The Labute approximate surface area is 62.9 Å². The van der Waals surface area contributed by atoms with E-state index in [-0.39, 0.29) is 10.8 Å². The second kappa shape index (κ2) is 3.97. The van der Waals surface area contributed by atoms with Crippen LogP contribution in [0.15, 0.2) is 0 Å². The fourth-order valence-corrected chi connectivity index (χ4v) is 1.04. The summed E-state index contributed by atoms with van der Waals surface area (Å²) in [6.45, 7) is 0. The van der Waals surface area contributed by atoms with Crippen molar-refractivity contribution in [2.45, 2.75) is 5.51 Å². The Morgan fingerprint density at radius 2 is 2.00 bits per heavy atom. The van der Waals surface area contributed by atoms with Gasteiger partial charge in [-0.1, -0.05) is 0 Å². The Kier molecular flexibility index (Phi) is 3.95. The average molecular weight is 192 g/mol. The predicted octanol–water partition coefficient (Wildman–Crippen LogP) is 2.65. The Hall–Kier alpha value is -0.0400. The van der Waals surface area contributed by atoms with Crippen molar-refractivity contribution in [1.82, 2.24) is 0 Å². The molecule has 0 saturated heterocycles. The average Bonchev–Trinajstić information content (AvgIpc) is 1.81. The van der Waals surface area contributed by atoms with Gasteiger partial charge in [0.25, 0.3) is 0 Å². The van der Waals surface area contributed by atoms with E-state index >= 15 is 0 Å². The van der Waals surface area contributed by atoms with Crippen molar-refractivity contribution in [1.29, 1.82) is 0 Å². The number of hydrogen-bond acceptors (Lipinski definition) is 4. The van der Waals surface area contributed by atoms with E-state index in [2.05, 4.69) is 4.74 Å². The van der Waals surface area contributed by atoms with Gasteiger partial charge in [0.05, 0.1) is 7.11 Å². The van der Waals surface area contributed by atoms with Crippen molar-refractivity contribution in [3.8, 4) is 0 Å². The van der Waals surface area contributed by atoms with Crippen molar-refractivity contribution >= 4 is 26.9 Å². The summed E-state index contributed by atoms with van der Waals surface area (Å²) in [7, 11) is 0.542. The molecule has 0 aromatic carbocycles. The van der Waals surface area contributed by atoms with E-state index in [1.54, 1.807) is 0 Å². The van der Waals surface area contributed by atoms with E-state index in [1.165, 1.54) is 0 Å². The summed E-state index contributed by atoms with van der Waals surface area (Å²) in [6, 6.07) is 0. The highest BCUT2D eigenvalue weighted by molar-refractivity contribution is 8.82. The zero-order valence-electron chi connectivity index (χ0n) is 4.77. The van der Waals surface area contributed by atoms with Gasteiger partial charge in [0, 0.05) is 21.6 Å². The van der Waals surface area contributed by atoms with Crippen LogP contribution < -0.4 is 0 Å². The molecule has 0 amide bonds. The smallest absolute Gasteiger partial charge is 0.452 e. The van der Waals surface area contributed by atoms with Crippen LogP contribution >= 0.6 is 21.6 Å². The molecule has 10 heavy (non-hydrogen) atoms. The molecule has 0 atom stereocenters. The maximum Gasteiger partial charge on any atom is 0.452 e. The number of methoxy groups -OCH3 is 1. The molecule has 0 unspecified atom stereocenters. The van der Waals surface area contributed by atoms with Crippen LogP contribution in [0.3, 0.4) is 0 Å². The monoisotopic (exact) mass is 192 g/mol. The highest BCUT2D eigenvalue weighted by atomic mass is 33.1. The van der Waals surface area contributed by atoms with Crippen molar-refractivity contribution in [2.75, 3.05) is 7.11 Å². The quantitative estimate of drug-likeness (QED) is 0.471. The summed E-state index contributed by atoms with van der Waals surface area (Å²) in [5, 5.41) is -0.956. The summed E-state index contributed by atoms with van der Waals surface area (Å²) in [5.41, 5.74) is -4.39. The first-order valence-electron chi connectivity index (χ1n) is 1.96. The molecule has 60 valence electrons. The summed E-state index contributed by atoms with van der Waals surface area (Å²) in [6.07, 6.45) is 0. The molecular weight excluding hydrogens is 189 g/mol. The predicted molar refractivity (Wildman–Crippen MR) is 33.6 cm³/mol. The molecule has 0 aromatic rings. The molecule has 0 fully saturated rings. The number of hydrogen-bond donors (Lipinski definition) is 0. The molecule has 0 saturated carbocycles. The Morgan fingerprint density at radius 1 is 1.50 bits per heavy atom. The Morgan fingerprint density at radius 3 is 2.30 bits per heavy atom. The maximum atomic E-state index is 11.3. The minimum atomic E-state index is -4.39. The zero-order chi connectivity index (χ0) is 8.20. The number of carbonyl (C=O) groups excluding carboxylic acids is 1. The van der Waals surface area contributed by atoms with E-state index in [1.807, 2.05) is 0 Å². The van der Waals surface area contributed by atoms with Crippen LogP contribution in [0.1, 0.15) is 0 Å². The minimum Gasteiger partial charge on any atom is -0.460 e. The molecule has 0 bridgehead atoms. The van der Waals surface area contributed by atoms with Crippen LogP contribution in [-0.2, 0) is 4.74 Å². The fraction of sp³-hybridized carbons (Fsp3) is 0.667. The highest BCUT2D eigenvalue weighted by Gasteiger charge is 2.30. The number of carbonyl (C=O) groups is 1. The van der Waals surface area contributed by atoms with Crippen LogP contribution in [0.2, 0.25) is 0 Å². The van der Waals surface area contributed by atoms with Crippen molar-refractivity contribution in [3.63, 3.8) is 0 Å². The second-order valence-electron chi connectivity index (χ2n) is 1.07. The normalized spacial score (nSPS) is 11.2. The van der Waals surface area contributed by atoms with Gasteiger partial charge >= 0.3 is 10.8 Å². The van der Waals surface area contributed by atoms with Gasteiger partial charge < -0.3 is 4.74 Å². The third kappa shape index (κ3) is 6.09. The third-order valence-electron chi connectivity index (χ3n) is 0.371. The number of alkyl halides is 3. The first-order chi connectivity index (χ1) is 4.45. The molecule has 0 heterocycles. The highest BCUT2D eigenvalue weighted by Crippen LogP contribution is 2.40. The molecule has 2 nitrogen and oxygen atoms in total. The van der Waals surface area contributed by atoms with Gasteiger partial charge in [-0.2, -0.15) is 13.2 Å². The lowest BCUT2D eigenvalue weighted by atomic mass is 11.5. The van der Waals surface area contributed by atoms with Crippen LogP contribution in [-0.4, -0.2) is 17.9 Å². The molecule has 7 heteroatoms. The molecule has 0 spiro atoms. The van der Waals surface area contributed by atoms with Crippen LogP contribution in [0.4, 0.5) is 18.0 Å². The largest absolute Gasteiger partial charge is 0.460 e. The van der Waals surface area contributed by atoms with Gasteiger partial charge in [0.15, 0.2) is 0 Å². The fourth-order valence-electron chi connectivity index (χ4n) is 0.115. The summed E-state index contributed by atoms with van der Waals surface area (Å²) in [5.74, 6) is 0. The number of rotatable bonds is 1. The van der Waals surface area contributed by atoms with Crippen molar-refractivity contribution in [2.24, 2.45) is 0 Å². The van der Waals surface area contributed by atoms with Gasteiger partial charge in [-0.3, -0.25) is 0 Å². The van der Waals surface area contributed by atoms with E-state index < -0.39 is 21.6 Å². The molecule has 0 aliphatic rings. The molecule has 0 rings (SSSR count). The van der Waals surface area contributed by atoms with Gasteiger partial charge in [-0.25, -0.2) is 4.79 Å². The second-order valence-corrected chi connectivity index (χ2v) is 3.20. The standard InChI is InChI=1S/C3H3F3O2S2/c1-8-2(7)9-10-3(4,5)6/h1H3. The number of ether oxygens (including phenoxy) is 1. The van der Waals surface area contributed by atoms with Crippen molar-refractivity contribution in [3.05, 3.63) is 0 Å². The summed E-state index contributed by atoms with van der Waals surface area (Å²) < 4.78 is 37.8. The molecule has 0 radical (unpaired) electrons. The molecule has 0 aliphatic carbocycles. The van der Waals surface area contributed by atoms with E-state index in [9.17, 15) is 18.0 Å². The Bertz CT molecular complexity index is 123. The molecule has 0 N–H and O–H groups in total. The molecule has 0 aromatic heterocycles. The Balaban J connectivity index is 3.46. The van der Waals surface area contributed by atoms with Crippen molar-refractivity contribution < 1.29 is 22.7 Å². The van der Waals surface area contributed by atoms with Gasteiger partial charge in [-0.05, 0) is 0 Å². The third-order valence-corrected chi connectivity index (χ3v) is 2.17. The van der Waals surface area contributed by atoms with Gasteiger partial charge in [0.1, 0.15) is 0 Å². The molecule has 0 aliphatic heterocycles. The minimum absolute atomic E-state index is 0.0139. The summed E-state index contributed by atoms with van der Waals surface area (Å²) >= 11 is 0. The lowest BCUT2D eigenvalue weighted by molar-refractivity contribution is -0.0311.